The molecule has 31 heavy (non-hydrogen) atoms. The van der Waals surface area contributed by atoms with Crippen molar-refractivity contribution in [2.75, 3.05) is 31.5 Å². The second kappa shape index (κ2) is 11.4. The second-order valence-corrected chi connectivity index (χ2v) is 6.80. The average Bonchev–Trinajstić information content (AvgIpc) is 3.21. The van der Waals surface area contributed by atoms with E-state index >= 15 is 0 Å². The normalized spacial score (nSPS) is 15.9. The van der Waals surface area contributed by atoms with E-state index in [0.29, 0.717) is 24.5 Å². The molecule has 0 spiro atoms. The Kier molecular flexibility index (Phi) is 8.58. The van der Waals surface area contributed by atoms with Crippen LogP contribution < -0.4 is 5.32 Å². The molecule has 1 aromatic heterocycles. The van der Waals surface area contributed by atoms with Gasteiger partial charge in [0.1, 0.15) is 18.4 Å². The van der Waals surface area contributed by atoms with Crippen molar-refractivity contribution in [3.63, 3.8) is 0 Å². The SMILES string of the molecule is [C-]#[N+]c1ccc(NCCN(CC(=O)N2CCC[C@H]2C#N)C(=O)OC(C)OC(C)=O)nc1. The summed E-state index contributed by atoms with van der Waals surface area (Å²) in [6.07, 6.45) is 0.807. The van der Waals surface area contributed by atoms with Gasteiger partial charge in [0.05, 0.1) is 12.6 Å². The van der Waals surface area contributed by atoms with Gasteiger partial charge in [-0.05, 0) is 18.9 Å². The van der Waals surface area contributed by atoms with Gasteiger partial charge < -0.3 is 19.7 Å². The summed E-state index contributed by atoms with van der Waals surface area (Å²) in [6, 6.07) is 4.83. The number of anilines is 1. The minimum atomic E-state index is -1.11. The summed E-state index contributed by atoms with van der Waals surface area (Å²) in [5.74, 6) is -0.461. The third-order valence-electron chi connectivity index (χ3n) is 4.47. The molecule has 1 saturated heterocycles. The van der Waals surface area contributed by atoms with Gasteiger partial charge in [-0.3, -0.25) is 19.5 Å². The van der Waals surface area contributed by atoms with Crippen LogP contribution in [0.5, 0.6) is 0 Å². The van der Waals surface area contributed by atoms with Crippen LogP contribution >= 0.6 is 0 Å². The number of hydrogen-bond donors (Lipinski definition) is 1. The molecule has 1 aliphatic heterocycles. The highest BCUT2D eigenvalue weighted by molar-refractivity contribution is 5.83. The van der Waals surface area contributed by atoms with Gasteiger partial charge >= 0.3 is 12.1 Å². The number of rotatable bonds is 8. The number of nitriles is 1. The lowest BCUT2D eigenvalue weighted by Gasteiger charge is -2.27. The van der Waals surface area contributed by atoms with E-state index in [1.807, 2.05) is 0 Å². The van der Waals surface area contributed by atoms with Crippen LogP contribution in [0.4, 0.5) is 16.3 Å². The zero-order valence-electron chi connectivity index (χ0n) is 17.4. The number of aromatic nitrogens is 1. The van der Waals surface area contributed by atoms with Crippen molar-refractivity contribution >= 4 is 29.5 Å². The zero-order valence-corrected chi connectivity index (χ0v) is 17.4. The Balaban J connectivity index is 2.00. The number of nitrogens with one attached hydrogen (secondary N) is 1. The number of esters is 1. The number of pyridine rings is 1. The largest absolute Gasteiger partial charge is 0.426 e. The molecular weight excluding hydrogens is 404 g/mol. The van der Waals surface area contributed by atoms with Crippen molar-refractivity contribution in [2.24, 2.45) is 0 Å². The molecule has 2 heterocycles. The topological polar surface area (TPSA) is 129 Å². The number of hydrogen-bond acceptors (Lipinski definition) is 8. The van der Waals surface area contributed by atoms with Crippen LogP contribution in [0.15, 0.2) is 18.3 Å². The molecule has 1 fully saturated rings. The highest BCUT2D eigenvalue weighted by Crippen LogP contribution is 2.17. The Morgan fingerprint density at radius 3 is 2.84 bits per heavy atom. The van der Waals surface area contributed by atoms with E-state index in [9.17, 15) is 19.6 Å². The van der Waals surface area contributed by atoms with Crippen molar-refractivity contribution in [1.29, 1.82) is 5.26 Å². The van der Waals surface area contributed by atoms with E-state index in [-0.39, 0.29) is 25.5 Å². The van der Waals surface area contributed by atoms with Crippen molar-refractivity contribution < 1.29 is 23.9 Å². The van der Waals surface area contributed by atoms with Crippen LogP contribution in [0.25, 0.3) is 4.85 Å². The number of carbonyl (C=O) groups excluding carboxylic acids is 3. The molecule has 1 unspecified atom stereocenters. The number of nitrogens with zero attached hydrogens (tertiary/aromatic N) is 5. The maximum atomic E-state index is 12.7. The van der Waals surface area contributed by atoms with Gasteiger partial charge in [0.15, 0.2) is 0 Å². The number of likely N-dealkylation sites (tertiary alicyclic amines) is 1. The molecule has 2 amide bonds. The monoisotopic (exact) mass is 428 g/mol. The predicted molar refractivity (Wildman–Crippen MR) is 109 cm³/mol. The summed E-state index contributed by atoms with van der Waals surface area (Å²) in [7, 11) is 0. The highest BCUT2D eigenvalue weighted by atomic mass is 16.7. The summed E-state index contributed by atoms with van der Waals surface area (Å²) in [4.78, 5) is 46.3. The fourth-order valence-corrected chi connectivity index (χ4v) is 3.04. The van der Waals surface area contributed by atoms with E-state index < -0.39 is 24.4 Å². The smallest absolute Gasteiger partial charge is 0.413 e. The summed E-state index contributed by atoms with van der Waals surface area (Å²) in [5, 5.41) is 12.2. The fourth-order valence-electron chi connectivity index (χ4n) is 3.04. The van der Waals surface area contributed by atoms with Crippen molar-refractivity contribution in [3.8, 4) is 6.07 Å². The molecule has 0 aromatic carbocycles. The van der Waals surface area contributed by atoms with Gasteiger partial charge in [-0.1, -0.05) is 6.07 Å². The molecule has 1 aliphatic rings. The van der Waals surface area contributed by atoms with Crippen LogP contribution in [0.2, 0.25) is 0 Å². The van der Waals surface area contributed by atoms with Gasteiger partial charge in [0.25, 0.3) is 0 Å². The first-order chi connectivity index (χ1) is 14.8. The van der Waals surface area contributed by atoms with Gasteiger partial charge in [0.2, 0.25) is 17.9 Å². The second-order valence-electron chi connectivity index (χ2n) is 6.80. The lowest BCUT2D eigenvalue weighted by atomic mass is 10.2. The maximum absolute atomic E-state index is 12.7. The van der Waals surface area contributed by atoms with Crippen molar-refractivity contribution in [2.45, 2.75) is 39.0 Å². The Bertz CT molecular complexity index is 876. The Morgan fingerprint density at radius 2 is 2.23 bits per heavy atom. The van der Waals surface area contributed by atoms with Gasteiger partial charge in [-0.25, -0.2) is 9.64 Å². The first-order valence-corrected chi connectivity index (χ1v) is 9.73. The molecular formula is C20H24N6O5. The van der Waals surface area contributed by atoms with Crippen LogP contribution in [-0.2, 0) is 19.1 Å². The molecule has 11 heteroatoms. The zero-order chi connectivity index (χ0) is 22.8. The molecule has 1 aromatic rings. The first-order valence-electron chi connectivity index (χ1n) is 9.73. The van der Waals surface area contributed by atoms with E-state index in [2.05, 4.69) is 21.2 Å². The summed E-state index contributed by atoms with van der Waals surface area (Å²) < 4.78 is 9.91. The molecule has 2 rings (SSSR count). The summed E-state index contributed by atoms with van der Waals surface area (Å²) in [5.41, 5.74) is 0.401. The van der Waals surface area contributed by atoms with E-state index in [0.717, 1.165) is 6.42 Å². The third-order valence-corrected chi connectivity index (χ3v) is 4.47. The standard InChI is InChI=1S/C20H24N6O5/c1-14(27)30-15(2)31-20(29)25(13-19(28)26-9-4-5-17(26)11-21)10-8-23-18-7-6-16(22-3)12-24-18/h6-7,12,15,17H,4-5,8-10,13H2,1-2H3,(H,23,24)/t15?,17-/m0/s1. The van der Waals surface area contributed by atoms with Crippen LogP contribution in [0, 0.1) is 17.9 Å². The minimum Gasteiger partial charge on any atom is -0.426 e. The molecule has 1 N–H and O–H groups in total. The molecule has 0 bridgehead atoms. The average molecular weight is 428 g/mol. The Hall–Kier alpha value is -3.86. The minimum absolute atomic E-state index is 0.0919. The number of ether oxygens (including phenoxy) is 2. The molecule has 0 aliphatic carbocycles. The quantitative estimate of drug-likeness (QED) is 0.378. The highest BCUT2D eigenvalue weighted by Gasteiger charge is 2.31. The molecule has 11 nitrogen and oxygen atoms in total. The molecule has 2 atom stereocenters. The van der Waals surface area contributed by atoms with Gasteiger partial charge in [-0.2, -0.15) is 5.26 Å². The molecule has 164 valence electrons. The van der Waals surface area contributed by atoms with E-state index in [1.54, 1.807) is 12.1 Å². The Morgan fingerprint density at radius 1 is 1.45 bits per heavy atom. The molecule has 0 radical (unpaired) electrons. The van der Waals surface area contributed by atoms with Crippen LogP contribution in [0.3, 0.4) is 0 Å². The van der Waals surface area contributed by atoms with E-state index in [1.165, 1.54) is 29.8 Å². The van der Waals surface area contributed by atoms with Gasteiger partial charge in [0, 0.05) is 39.7 Å². The lowest BCUT2D eigenvalue weighted by molar-refractivity contribution is -0.163. The lowest BCUT2D eigenvalue weighted by Crippen LogP contribution is -2.46. The van der Waals surface area contributed by atoms with Crippen molar-refractivity contribution in [3.05, 3.63) is 29.7 Å². The van der Waals surface area contributed by atoms with Crippen LogP contribution in [0.1, 0.15) is 26.7 Å². The van der Waals surface area contributed by atoms with Crippen LogP contribution in [-0.4, -0.2) is 71.3 Å². The number of amides is 2. The fraction of sp³-hybridized carbons (Fsp3) is 0.500. The maximum Gasteiger partial charge on any atom is 0.413 e. The Labute approximate surface area is 180 Å². The van der Waals surface area contributed by atoms with E-state index in [4.69, 9.17) is 16.0 Å². The molecule has 0 saturated carbocycles. The van der Waals surface area contributed by atoms with Gasteiger partial charge in [-0.15, -0.1) is 0 Å². The third kappa shape index (κ3) is 7.16. The summed E-state index contributed by atoms with van der Waals surface area (Å²) >= 11 is 0. The van der Waals surface area contributed by atoms with Crippen molar-refractivity contribution in [1.82, 2.24) is 14.8 Å². The first kappa shape index (κ1) is 23.4. The number of carbonyl (C=O) groups is 3. The predicted octanol–water partition coefficient (Wildman–Crippen LogP) is 1.91. The summed E-state index contributed by atoms with van der Waals surface area (Å²) in [6.45, 7) is 10.0.